The molecule has 23 heavy (non-hydrogen) atoms. The van der Waals surface area contributed by atoms with E-state index in [-0.39, 0.29) is 18.2 Å². The van der Waals surface area contributed by atoms with E-state index in [1.54, 1.807) is 24.3 Å². The van der Waals surface area contributed by atoms with Gasteiger partial charge in [-0.15, -0.1) is 0 Å². The lowest BCUT2D eigenvalue weighted by molar-refractivity contribution is 0.0599. The molecule has 0 aliphatic carbocycles. The van der Waals surface area contributed by atoms with E-state index in [0.29, 0.717) is 28.0 Å². The zero-order valence-corrected chi connectivity index (χ0v) is 12.3. The molecule has 4 nitrogen and oxygen atoms in total. The average Bonchev–Trinajstić information content (AvgIpc) is 2.58. The van der Waals surface area contributed by atoms with Crippen molar-refractivity contribution in [2.24, 2.45) is 0 Å². The molecule has 1 aliphatic heterocycles. The second kappa shape index (κ2) is 6.04. The van der Waals surface area contributed by atoms with Crippen molar-refractivity contribution in [1.29, 1.82) is 0 Å². The number of carbonyl (C=O) groups is 2. The Kier molecular flexibility index (Phi) is 3.93. The molecule has 5 heteroatoms. The smallest absolute Gasteiger partial charge is 0.337 e. The molecule has 0 amide bonds. The summed E-state index contributed by atoms with van der Waals surface area (Å²) in [7, 11) is 1.29. The maximum Gasteiger partial charge on any atom is 0.337 e. The lowest BCUT2D eigenvalue weighted by Crippen LogP contribution is -2.19. The Balaban J connectivity index is 1.92. The Labute approximate surface area is 132 Å². The maximum absolute atomic E-state index is 12.9. The Morgan fingerprint density at radius 3 is 2.65 bits per heavy atom. The largest absolute Gasteiger partial charge is 0.488 e. The normalized spacial score (nSPS) is 15.0. The molecule has 0 unspecified atom stereocenters. The van der Waals surface area contributed by atoms with Crippen LogP contribution < -0.4 is 4.74 Å². The first-order chi connectivity index (χ1) is 11.1. The van der Waals surface area contributed by atoms with Crippen LogP contribution in [0.1, 0.15) is 26.3 Å². The maximum atomic E-state index is 12.9. The van der Waals surface area contributed by atoms with E-state index < -0.39 is 5.97 Å². The number of esters is 1. The lowest BCUT2D eigenvalue weighted by atomic mass is 9.97. The van der Waals surface area contributed by atoms with Crippen LogP contribution >= 0.6 is 0 Å². The molecule has 0 atom stereocenters. The van der Waals surface area contributed by atoms with E-state index in [0.717, 1.165) is 0 Å². The number of benzene rings is 2. The van der Waals surface area contributed by atoms with Gasteiger partial charge in [-0.25, -0.2) is 9.18 Å². The summed E-state index contributed by atoms with van der Waals surface area (Å²) in [6, 6.07) is 10.4. The average molecular weight is 312 g/mol. The summed E-state index contributed by atoms with van der Waals surface area (Å²) in [5.74, 6) is -0.642. The third kappa shape index (κ3) is 2.99. The van der Waals surface area contributed by atoms with Gasteiger partial charge >= 0.3 is 5.97 Å². The number of hydrogen-bond acceptors (Lipinski definition) is 4. The SMILES string of the molecule is COC(=O)c1ccc2c(c1)OC/C(=C\c1ccc(F)cc1)C2=O. The summed E-state index contributed by atoms with van der Waals surface area (Å²) in [6.07, 6.45) is 1.67. The molecule has 2 aromatic rings. The number of halogens is 1. The molecule has 0 aromatic heterocycles. The van der Waals surface area contributed by atoms with Gasteiger partial charge in [0.05, 0.1) is 18.2 Å². The topological polar surface area (TPSA) is 52.6 Å². The number of methoxy groups -OCH3 is 1. The number of ether oxygens (including phenoxy) is 2. The number of Topliss-reactive ketones (excluding diaryl/α,β-unsaturated/α-hetero) is 1. The first-order valence-electron chi connectivity index (χ1n) is 6.94. The fraction of sp³-hybridized carbons (Fsp3) is 0.111. The molecule has 3 rings (SSSR count). The van der Waals surface area contributed by atoms with Gasteiger partial charge in [-0.3, -0.25) is 4.79 Å². The minimum absolute atomic E-state index is 0.0911. The van der Waals surface area contributed by atoms with Crippen LogP contribution in [0.4, 0.5) is 4.39 Å². The molecule has 1 aliphatic rings. The van der Waals surface area contributed by atoms with Crippen molar-refractivity contribution in [3.05, 3.63) is 70.5 Å². The van der Waals surface area contributed by atoms with E-state index in [1.807, 2.05) is 0 Å². The lowest BCUT2D eigenvalue weighted by Gasteiger charge is -2.19. The molecule has 0 bridgehead atoms. The highest BCUT2D eigenvalue weighted by Crippen LogP contribution is 2.29. The van der Waals surface area contributed by atoms with Crippen molar-refractivity contribution in [2.75, 3.05) is 13.7 Å². The van der Waals surface area contributed by atoms with Gasteiger partial charge in [0.2, 0.25) is 0 Å². The highest BCUT2D eigenvalue weighted by molar-refractivity contribution is 6.14. The molecule has 0 saturated heterocycles. The summed E-state index contributed by atoms with van der Waals surface area (Å²) in [5.41, 5.74) is 1.89. The second-order valence-corrected chi connectivity index (χ2v) is 5.04. The van der Waals surface area contributed by atoms with E-state index in [1.165, 1.54) is 31.4 Å². The Morgan fingerprint density at radius 2 is 1.96 bits per heavy atom. The zero-order chi connectivity index (χ0) is 16.4. The van der Waals surface area contributed by atoms with Crippen LogP contribution in [-0.2, 0) is 4.74 Å². The van der Waals surface area contributed by atoms with Crippen molar-refractivity contribution in [1.82, 2.24) is 0 Å². The van der Waals surface area contributed by atoms with Crippen molar-refractivity contribution >= 4 is 17.8 Å². The Hall–Kier alpha value is -2.95. The van der Waals surface area contributed by atoms with Gasteiger partial charge in [0.25, 0.3) is 0 Å². The fourth-order valence-electron chi connectivity index (χ4n) is 2.34. The predicted molar refractivity (Wildman–Crippen MR) is 82.0 cm³/mol. The van der Waals surface area contributed by atoms with E-state index in [2.05, 4.69) is 4.74 Å². The van der Waals surface area contributed by atoms with Gasteiger partial charge in [0, 0.05) is 5.57 Å². The van der Waals surface area contributed by atoms with Gasteiger partial charge in [-0.2, -0.15) is 0 Å². The third-order valence-corrected chi connectivity index (χ3v) is 3.53. The van der Waals surface area contributed by atoms with Crippen LogP contribution in [0.5, 0.6) is 5.75 Å². The van der Waals surface area contributed by atoms with Crippen LogP contribution in [0.25, 0.3) is 6.08 Å². The van der Waals surface area contributed by atoms with Gasteiger partial charge in [0.1, 0.15) is 18.2 Å². The number of rotatable bonds is 2. The number of carbonyl (C=O) groups excluding carboxylic acids is 2. The molecule has 0 saturated carbocycles. The molecule has 0 N–H and O–H groups in total. The van der Waals surface area contributed by atoms with Gasteiger partial charge in [-0.1, -0.05) is 12.1 Å². The molecule has 116 valence electrons. The third-order valence-electron chi connectivity index (χ3n) is 3.53. The Morgan fingerprint density at radius 1 is 1.22 bits per heavy atom. The van der Waals surface area contributed by atoms with Crippen LogP contribution in [0.15, 0.2) is 48.0 Å². The molecule has 2 aromatic carbocycles. The minimum atomic E-state index is -0.489. The molecular formula is C18H13FO4. The highest BCUT2D eigenvalue weighted by atomic mass is 19.1. The molecule has 1 heterocycles. The quantitative estimate of drug-likeness (QED) is 0.631. The molecule has 0 radical (unpaired) electrons. The summed E-state index contributed by atoms with van der Waals surface area (Å²) < 4.78 is 23.1. The number of ketones is 1. The van der Waals surface area contributed by atoms with Crippen LogP contribution in [0.3, 0.4) is 0 Å². The van der Waals surface area contributed by atoms with Crippen molar-refractivity contribution in [3.63, 3.8) is 0 Å². The second-order valence-electron chi connectivity index (χ2n) is 5.04. The minimum Gasteiger partial charge on any atom is -0.488 e. The molecule has 0 spiro atoms. The van der Waals surface area contributed by atoms with Crippen LogP contribution in [0.2, 0.25) is 0 Å². The molecular weight excluding hydrogens is 299 g/mol. The van der Waals surface area contributed by atoms with Gasteiger partial charge in [-0.05, 0) is 42.0 Å². The highest BCUT2D eigenvalue weighted by Gasteiger charge is 2.24. The molecule has 0 fully saturated rings. The van der Waals surface area contributed by atoms with Crippen LogP contribution in [0, 0.1) is 5.82 Å². The van der Waals surface area contributed by atoms with E-state index in [4.69, 9.17) is 4.74 Å². The fourth-order valence-corrected chi connectivity index (χ4v) is 2.34. The summed E-state index contributed by atoms with van der Waals surface area (Å²) >= 11 is 0. The van der Waals surface area contributed by atoms with E-state index in [9.17, 15) is 14.0 Å². The summed E-state index contributed by atoms with van der Waals surface area (Å²) in [5, 5.41) is 0. The Bertz CT molecular complexity index is 806. The zero-order valence-electron chi connectivity index (χ0n) is 12.3. The first kappa shape index (κ1) is 15.0. The van der Waals surface area contributed by atoms with Gasteiger partial charge in [0.15, 0.2) is 5.78 Å². The van der Waals surface area contributed by atoms with Crippen molar-refractivity contribution < 1.29 is 23.5 Å². The summed E-state index contributed by atoms with van der Waals surface area (Å²) in [6.45, 7) is 0.0911. The van der Waals surface area contributed by atoms with Crippen molar-refractivity contribution in [3.8, 4) is 5.75 Å². The van der Waals surface area contributed by atoms with Gasteiger partial charge < -0.3 is 9.47 Å². The summed E-state index contributed by atoms with van der Waals surface area (Å²) in [4.78, 5) is 24.0. The standard InChI is InChI=1S/C18H13FO4/c1-22-18(21)12-4-7-15-16(9-12)23-10-13(17(15)20)8-11-2-5-14(19)6-3-11/h2-9H,10H2,1H3/b13-8+. The first-order valence-corrected chi connectivity index (χ1v) is 6.94. The van der Waals surface area contributed by atoms with Crippen molar-refractivity contribution in [2.45, 2.75) is 0 Å². The predicted octanol–water partition coefficient (Wildman–Crippen LogP) is 3.27. The monoisotopic (exact) mass is 312 g/mol. The van der Waals surface area contributed by atoms with Crippen LogP contribution in [-0.4, -0.2) is 25.5 Å². The number of hydrogen-bond donors (Lipinski definition) is 0. The van der Waals surface area contributed by atoms with E-state index >= 15 is 0 Å². The number of fused-ring (bicyclic) bond motifs is 1.